The van der Waals surface area contributed by atoms with Crippen LogP contribution in [0, 0.1) is 0 Å². The van der Waals surface area contributed by atoms with Crippen LogP contribution in [0.15, 0.2) is 4.52 Å². The lowest BCUT2D eigenvalue weighted by Gasteiger charge is -2.29. The van der Waals surface area contributed by atoms with Crippen LogP contribution >= 0.6 is 0 Å². The van der Waals surface area contributed by atoms with E-state index in [1.54, 1.807) is 0 Å². The molecule has 1 saturated carbocycles. The van der Waals surface area contributed by atoms with Gasteiger partial charge in [0.1, 0.15) is 11.3 Å². The van der Waals surface area contributed by atoms with Gasteiger partial charge >= 0.3 is 5.97 Å². The molecule has 1 heterocycles. The summed E-state index contributed by atoms with van der Waals surface area (Å²) in [6.45, 7) is 0. The first-order valence-electron chi connectivity index (χ1n) is 8.66. The van der Waals surface area contributed by atoms with E-state index in [9.17, 15) is 14.7 Å². The van der Waals surface area contributed by atoms with Crippen molar-refractivity contribution < 1.29 is 19.2 Å². The molecule has 1 fully saturated rings. The first kappa shape index (κ1) is 16.0. The van der Waals surface area contributed by atoms with Crippen LogP contribution in [0.25, 0.3) is 0 Å². The number of carbonyl (C=O) groups excluding carboxylic acids is 1. The van der Waals surface area contributed by atoms with E-state index >= 15 is 0 Å². The minimum Gasteiger partial charge on any atom is -0.480 e. The van der Waals surface area contributed by atoms with Crippen LogP contribution in [-0.4, -0.2) is 27.7 Å². The third-order valence-electron chi connectivity index (χ3n) is 5.13. The van der Waals surface area contributed by atoms with Crippen molar-refractivity contribution in [3.63, 3.8) is 0 Å². The summed E-state index contributed by atoms with van der Waals surface area (Å²) in [5, 5.41) is 16.4. The van der Waals surface area contributed by atoms with Crippen molar-refractivity contribution in [2.45, 2.75) is 76.2 Å². The largest absolute Gasteiger partial charge is 0.480 e. The Morgan fingerprint density at radius 3 is 2.35 bits per heavy atom. The number of carboxylic acids is 1. The topological polar surface area (TPSA) is 92.4 Å². The van der Waals surface area contributed by atoms with E-state index in [2.05, 4.69) is 10.5 Å². The molecular formula is C17H24N2O4. The van der Waals surface area contributed by atoms with Gasteiger partial charge in [0.25, 0.3) is 5.91 Å². The minimum absolute atomic E-state index is 0.284. The molecule has 1 aromatic rings. The minimum atomic E-state index is -1.16. The number of nitrogens with zero attached hydrogens (tertiary/aromatic N) is 1. The normalized spacial score (nSPS) is 20.9. The Morgan fingerprint density at radius 1 is 1.00 bits per heavy atom. The van der Waals surface area contributed by atoms with Gasteiger partial charge in [-0.1, -0.05) is 37.3 Å². The quantitative estimate of drug-likeness (QED) is 0.660. The zero-order valence-electron chi connectivity index (χ0n) is 13.4. The average Bonchev–Trinajstić information content (AvgIpc) is 2.71. The number of carbonyl (C=O) groups is 2. The van der Waals surface area contributed by atoms with Crippen molar-refractivity contribution in [1.82, 2.24) is 10.5 Å². The van der Waals surface area contributed by atoms with Crippen LogP contribution in [0.3, 0.4) is 0 Å². The Kier molecular flexibility index (Phi) is 4.68. The van der Waals surface area contributed by atoms with Crippen LogP contribution < -0.4 is 5.32 Å². The number of hydrogen-bond acceptors (Lipinski definition) is 4. The maximum atomic E-state index is 12.7. The van der Waals surface area contributed by atoms with Gasteiger partial charge in [0.05, 0.1) is 0 Å². The van der Waals surface area contributed by atoms with Crippen LogP contribution in [0.5, 0.6) is 0 Å². The van der Waals surface area contributed by atoms with Gasteiger partial charge in [-0.3, -0.25) is 4.79 Å². The molecule has 0 aliphatic heterocycles. The second kappa shape index (κ2) is 6.72. The van der Waals surface area contributed by atoms with Gasteiger partial charge in [-0.2, -0.15) is 0 Å². The van der Waals surface area contributed by atoms with E-state index in [0.29, 0.717) is 12.8 Å². The number of carboxylic acid groups (broad SMARTS) is 1. The van der Waals surface area contributed by atoms with Crippen LogP contribution in [0.1, 0.15) is 79.6 Å². The Bertz CT molecular complexity index is 585. The molecule has 126 valence electrons. The highest BCUT2D eigenvalue weighted by Gasteiger charge is 2.41. The number of fused-ring (bicyclic) bond motifs is 1. The van der Waals surface area contributed by atoms with Gasteiger partial charge in [0, 0.05) is 12.0 Å². The Balaban J connectivity index is 1.82. The number of aromatic nitrogens is 1. The van der Waals surface area contributed by atoms with Gasteiger partial charge < -0.3 is 14.9 Å². The Labute approximate surface area is 135 Å². The van der Waals surface area contributed by atoms with E-state index in [4.69, 9.17) is 4.52 Å². The molecule has 3 rings (SSSR count). The number of amides is 1. The van der Waals surface area contributed by atoms with Gasteiger partial charge in [-0.05, 0) is 32.1 Å². The summed E-state index contributed by atoms with van der Waals surface area (Å²) in [5.41, 5.74) is -0.00891. The summed E-state index contributed by atoms with van der Waals surface area (Å²) < 4.78 is 5.34. The van der Waals surface area contributed by atoms with Gasteiger partial charge in [0.2, 0.25) is 0 Å². The predicted octanol–water partition coefficient (Wildman–Crippen LogP) is 2.85. The van der Waals surface area contributed by atoms with E-state index in [0.717, 1.165) is 69.1 Å². The molecule has 0 saturated heterocycles. The second-order valence-corrected chi connectivity index (χ2v) is 6.75. The number of rotatable bonds is 3. The van der Waals surface area contributed by atoms with E-state index in [1.165, 1.54) is 0 Å². The zero-order valence-corrected chi connectivity index (χ0v) is 13.4. The fourth-order valence-electron chi connectivity index (χ4n) is 3.74. The maximum absolute atomic E-state index is 12.7. The highest BCUT2D eigenvalue weighted by molar-refractivity contribution is 5.97. The van der Waals surface area contributed by atoms with Crippen molar-refractivity contribution in [3.05, 3.63) is 17.0 Å². The first-order valence-corrected chi connectivity index (χ1v) is 8.66. The molecule has 6 heteroatoms. The lowest BCUT2D eigenvalue weighted by atomic mass is 9.90. The lowest BCUT2D eigenvalue weighted by Crippen LogP contribution is -2.54. The van der Waals surface area contributed by atoms with E-state index < -0.39 is 17.4 Å². The Morgan fingerprint density at radius 2 is 1.65 bits per heavy atom. The highest BCUT2D eigenvalue weighted by atomic mass is 16.5. The number of aliphatic carboxylic acids is 1. The Hall–Kier alpha value is -1.85. The third-order valence-corrected chi connectivity index (χ3v) is 5.13. The fourth-order valence-corrected chi connectivity index (χ4v) is 3.74. The summed E-state index contributed by atoms with van der Waals surface area (Å²) >= 11 is 0. The molecule has 2 N–H and O–H groups in total. The van der Waals surface area contributed by atoms with Crippen LogP contribution in [0.4, 0.5) is 0 Å². The third kappa shape index (κ3) is 3.26. The van der Waals surface area contributed by atoms with E-state index in [1.807, 2.05) is 0 Å². The molecule has 2 aliphatic rings. The van der Waals surface area contributed by atoms with Crippen LogP contribution in [-0.2, 0) is 17.6 Å². The summed E-state index contributed by atoms with van der Waals surface area (Å²) in [7, 11) is 0. The molecule has 1 aromatic heterocycles. The molecule has 1 amide bonds. The summed E-state index contributed by atoms with van der Waals surface area (Å²) in [4.78, 5) is 24.5. The number of aryl methyl sites for hydroxylation is 1. The highest BCUT2D eigenvalue weighted by Crippen LogP contribution is 2.29. The smallest absolute Gasteiger partial charge is 0.329 e. The van der Waals surface area contributed by atoms with Crippen molar-refractivity contribution >= 4 is 11.9 Å². The predicted molar refractivity (Wildman–Crippen MR) is 83.3 cm³/mol. The molecule has 0 bridgehead atoms. The molecule has 6 nitrogen and oxygen atoms in total. The number of nitrogens with one attached hydrogen (secondary N) is 1. The van der Waals surface area contributed by atoms with Crippen molar-refractivity contribution in [1.29, 1.82) is 0 Å². The van der Waals surface area contributed by atoms with Gasteiger partial charge in [0.15, 0.2) is 5.69 Å². The monoisotopic (exact) mass is 320 g/mol. The molecular weight excluding hydrogens is 296 g/mol. The van der Waals surface area contributed by atoms with Crippen molar-refractivity contribution in [3.8, 4) is 0 Å². The molecule has 0 unspecified atom stereocenters. The second-order valence-electron chi connectivity index (χ2n) is 6.75. The number of hydrogen-bond donors (Lipinski definition) is 2. The molecule has 23 heavy (non-hydrogen) atoms. The summed E-state index contributed by atoms with van der Waals surface area (Å²) in [6, 6.07) is 0. The summed E-state index contributed by atoms with van der Waals surface area (Å²) in [6.07, 6.45) is 9.40. The van der Waals surface area contributed by atoms with Gasteiger partial charge in [-0.15, -0.1) is 0 Å². The SMILES string of the molecule is O=C(NC1(C(=O)O)CCCCCC1)c1noc2c1CCCCC2. The molecule has 0 atom stereocenters. The molecule has 0 spiro atoms. The fraction of sp³-hybridized carbons (Fsp3) is 0.706. The molecule has 2 aliphatic carbocycles. The maximum Gasteiger partial charge on any atom is 0.329 e. The van der Waals surface area contributed by atoms with Crippen LogP contribution in [0.2, 0.25) is 0 Å². The first-order chi connectivity index (χ1) is 11.1. The van der Waals surface area contributed by atoms with Gasteiger partial charge in [-0.25, -0.2) is 4.79 Å². The zero-order chi connectivity index (χ0) is 16.3. The lowest BCUT2D eigenvalue weighted by molar-refractivity contribution is -0.145. The van der Waals surface area contributed by atoms with E-state index in [-0.39, 0.29) is 5.69 Å². The average molecular weight is 320 g/mol. The van der Waals surface area contributed by atoms with Crippen molar-refractivity contribution in [2.24, 2.45) is 0 Å². The molecule has 0 aromatic carbocycles. The molecule has 0 radical (unpaired) electrons. The standard InChI is InChI=1S/C17H24N2O4/c20-15(14-12-8-4-3-5-9-13(12)23-19-14)18-17(16(21)22)10-6-1-2-7-11-17/h1-11H2,(H,18,20)(H,21,22). The summed E-state index contributed by atoms with van der Waals surface area (Å²) in [5.74, 6) is -0.554. The van der Waals surface area contributed by atoms with Crippen molar-refractivity contribution in [2.75, 3.05) is 0 Å².